The van der Waals surface area contributed by atoms with Gasteiger partial charge in [-0.2, -0.15) is 0 Å². The number of allylic oxidation sites excluding steroid dienone is 1. The van der Waals surface area contributed by atoms with Crippen LogP contribution in [0.5, 0.6) is 0 Å². The van der Waals surface area contributed by atoms with Crippen LogP contribution in [-0.2, 0) is 6.54 Å². The summed E-state index contributed by atoms with van der Waals surface area (Å²) < 4.78 is 2.25. The number of hydrogen-bond donors (Lipinski definition) is 1. The third-order valence-electron chi connectivity index (χ3n) is 3.70. The molecule has 0 unspecified atom stereocenters. The zero-order valence-electron chi connectivity index (χ0n) is 11.7. The topological polar surface area (TPSA) is 25.2 Å². The Morgan fingerprint density at radius 1 is 1.32 bits per heavy atom. The highest BCUT2D eigenvalue weighted by Crippen LogP contribution is 2.32. The van der Waals surface area contributed by atoms with Crippen LogP contribution in [-0.4, -0.2) is 16.3 Å². The predicted octanol–water partition coefficient (Wildman–Crippen LogP) is 4.09. The van der Waals surface area contributed by atoms with Crippen LogP contribution >= 0.6 is 0 Å². The van der Waals surface area contributed by atoms with Gasteiger partial charge in [0.05, 0.1) is 0 Å². The maximum atomic E-state index is 9.28. The first-order chi connectivity index (χ1) is 9.31. The molecule has 1 heterocycles. The minimum absolute atomic E-state index is 0.256. The Balaban J connectivity index is 2.48. The number of aliphatic hydroxyl groups is 1. The van der Waals surface area contributed by atoms with Crippen LogP contribution in [0.4, 0.5) is 0 Å². The lowest BCUT2D eigenvalue weighted by molar-refractivity contribution is 0.272. The summed E-state index contributed by atoms with van der Waals surface area (Å²) in [5.41, 5.74) is 2.63. The zero-order valence-corrected chi connectivity index (χ0v) is 11.7. The molecule has 19 heavy (non-hydrogen) atoms. The van der Waals surface area contributed by atoms with E-state index >= 15 is 0 Å². The normalized spacial score (nSPS) is 12.7. The van der Waals surface area contributed by atoms with Crippen molar-refractivity contribution in [2.24, 2.45) is 0 Å². The standard InChI is InChI=1S/C17H23NO/c1-3-7-14(10-12-19)16-13-18(11-4-2)17-9-6-5-8-15(16)17/h4-6,8-9,13-14,19H,2-3,7,10-12H2,1H3/t14-/m0/s1. The van der Waals surface area contributed by atoms with Gasteiger partial charge in [-0.05, 0) is 30.4 Å². The molecule has 0 amide bonds. The summed E-state index contributed by atoms with van der Waals surface area (Å²) in [7, 11) is 0. The third-order valence-corrected chi connectivity index (χ3v) is 3.70. The van der Waals surface area contributed by atoms with Gasteiger partial charge < -0.3 is 9.67 Å². The van der Waals surface area contributed by atoms with Gasteiger partial charge in [0, 0.05) is 30.3 Å². The average Bonchev–Trinajstić information content (AvgIpc) is 2.78. The maximum Gasteiger partial charge on any atom is 0.0486 e. The largest absolute Gasteiger partial charge is 0.396 e. The molecule has 1 atom stereocenters. The lowest BCUT2D eigenvalue weighted by Crippen LogP contribution is -2.01. The van der Waals surface area contributed by atoms with Gasteiger partial charge in [-0.25, -0.2) is 0 Å². The van der Waals surface area contributed by atoms with Crippen molar-refractivity contribution >= 4 is 10.9 Å². The summed E-state index contributed by atoms with van der Waals surface area (Å²) in [5, 5.41) is 10.6. The second kappa shape index (κ2) is 6.58. The van der Waals surface area contributed by atoms with E-state index in [0.29, 0.717) is 5.92 Å². The fourth-order valence-electron chi connectivity index (χ4n) is 2.85. The first-order valence-electron chi connectivity index (χ1n) is 7.11. The van der Waals surface area contributed by atoms with Crippen molar-refractivity contribution in [1.29, 1.82) is 0 Å². The van der Waals surface area contributed by atoms with Crippen LogP contribution in [0.25, 0.3) is 10.9 Å². The van der Waals surface area contributed by atoms with Crippen molar-refractivity contribution in [2.75, 3.05) is 6.61 Å². The van der Waals surface area contributed by atoms with Gasteiger partial charge in [0.15, 0.2) is 0 Å². The van der Waals surface area contributed by atoms with Crippen LogP contribution in [0.15, 0.2) is 43.1 Å². The predicted molar refractivity (Wildman–Crippen MR) is 81.5 cm³/mol. The molecule has 1 aromatic carbocycles. The molecule has 0 aliphatic rings. The number of para-hydroxylation sites is 1. The molecule has 0 radical (unpaired) electrons. The Morgan fingerprint density at radius 2 is 2.11 bits per heavy atom. The molecule has 2 rings (SSSR count). The van der Waals surface area contributed by atoms with Crippen molar-refractivity contribution in [1.82, 2.24) is 4.57 Å². The molecule has 0 fully saturated rings. The highest BCUT2D eigenvalue weighted by Gasteiger charge is 2.16. The first-order valence-corrected chi connectivity index (χ1v) is 7.11. The molecule has 1 aromatic heterocycles. The van der Waals surface area contributed by atoms with E-state index in [0.717, 1.165) is 25.8 Å². The van der Waals surface area contributed by atoms with E-state index in [1.54, 1.807) is 0 Å². The Morgan fingerprint density at radius 3 is 2.79 bits per heavy atom. The highest BCUT2D eigenvalue weighted by atomic mass is 16.3. The minimum atomic E-state index is 0.256. The molecular formula is C17H23NO. The summed E-state index contributed by atoms with van der Waals surface area (Å²) in [5.74, 6) is 0.450. The number of aromatic nitrogens is 1. The Bertz CT molecular complexity index is 535. The zero-order chi connectivity index (χ0) is 13.7. The SMILES string of the molecule is C=CCn1cc([C@@H](CCC)CCO)c2ccccc21. The van der Waals surface area contributed by atoms with E-state index in [4.69, 9.17) is 0 Å². The molecule has 2 aromatic rings. The molecule has 0 saturated carbocycles. The lowest BCUT2D eigenvalue weighted by atomic mass is 9.91. The van der Waals surface area contributed by atoms with E-state index in [2.05, 4.69) is 48.5 Å². The van der Waals surface area contributed by atoms with Crippen molar-refractivity contribution < 1.29 is 5.11 Å². The molecule has 0 spiro atoms. The first kappa shape index (κ1) is 13.9. The number of fused-ring (bicyclic) bond motifs is 1. The van der Waals surface area contributed by atoms with Gasteiger partial charge >= 0.3 is 0 Å². The van der Waals surface area contributed by atoms with Crippen molar-refractivity contribution in [2.45, 2.75) is 38.6 Å². The summed E-state index contributed by atoms with van der Waals surface area (Å²) in [6.07, 6.45) is 7.28. The summed E-state index contributed by atoms with van der Waals surface area (Å²) in [4.78, 5) is 0. The quantitative estimate of drug-likeness (QED) is 0.742. The maximum absolute atomic E-state index is 9.28. The van der Waals surface area contributed by atoms with Crippen molar-refractivity contribution in [3.05, 3.63) is 48.7 Å². The second-order valence-electron chi connectivity index (χ2n) is 5.04. The molecule has 0 saturated heterocycles. The summed E-state index contributed by atoms with van der Waals surface area (Å²) in [6, 6.07) is 8.51. The Hall–Kier alpha value is -1.54. The number of aliphatic hydroxyl groups excluding tert-OH is 1. The summed E-state index contributed by atoms with van der Waals surface area (Å²) >= 11 is 0. The van der Waals surface area contributed by atoms with Gasteiger partial charge in [0.25, 0.3) is 0 Å². The lowest BCUT2D eigenvalue weighted by Gasteiger charge is -2.14. The fraction of sp³-hybridized carbons (Fsp3) is 0.412. The van der Waals surface area contributed by atoms with Crippen LogP contribution < -0.4 is 0 Å². The average molecular weight is 257 g/mol. The van der Waals surface area contributed by atoms with Gasteiger partial charge in [0.1, 0.15) is 0 Å². The third kappa shape index (κ3) is 2.90. The van der Waals surface area contributed by atoms with Crippen LogP contribution in [0.2, 0.25) is 0 Å². The smallest absolute Gasteiger partial charge is 0.0486 e. The molecule has 2 nitrogen and oxygen atoms in total. The second-order valence-corrected chi connectivity index (χ2v) is 5.04. The number of nitrogens with zero attached hydrogens (tertiary/aromatic N) is 1. The number of benzene rings is 1. The Labute approximate surface area is 115 Å². The molecule has 0 aliphatic carbocycles. The molecule has 0 aliphatic heterocycles. The fourth-order valence-corrected chi connectivity index (χ4v) is 2.85. The van der Waals surface area contributed by atoms with E-state index in [1.165, 1.54) is 16.5 Å². The summed E-state index contributed by atoms with van der Waals surface area (Å²) in [6.45, 7) is 7.12. The van der Waals surface area contributed by atoms with Gasteiger partial charge in [-0.15, -0.1) is 6.58 Å². The van der Waals surface area contributed by atoms with Crippen LogP contribution in [0.1, 0.15) is 37.7 Å². The molecule has 2 heteroatoms. The van der Waals surface area contributed by atoms with Gasteiger partial charge in [0.2, 0.25) is 0 Å². The van der Waals surface area contributed by atoms with E-state index in [9.17, 15) is 5.11 Å². The van der Waals surface area contributed by atoms with E-state index < -0.39 is 0 Å². The van der Waals surface area contributed by atoms with E-state index in [1.807, 2.05) is 6.08 Å². The number of hydrogen-bond acceptors (Lipinski definition) is 1. The molecule has 0 bridgehead atoms. The number of rotatable bonds is 7. The van der Waals surface area contributed by atoms with Gasteiger partial charge in [-0.1, -0.05) is 37.6 Å². The van der Waals surface area contributed by atoms with E-state index in [-0.39, 0.29) is 6.61 Å². The molecular weight excluding hydrogens is 234 g/mol. The minimum Gasteiger partial charge on any atom is -0.396 e. The molecule has 102 valence electrons. The van der Waals surface area contributed by atoms with Crippen LogP contribution in [0, 0.1) is 0 Å². The van der Waals surface area contributed by atoms with Gasteiger partial charge in [-0.3, -0.25) is 0 Å². The monoisotopic (exact) mass is 257 g/mol. The van der Waals surface area contributed by atoms with Crippen molar-refractivity contribution in [3.8, 4) is 0 Å². The van der Waals surface area contributed by atoms with Crippen LogP contribution in [0.3, 0.4) is 0 Å². The highest BCUT2D eigenvalue weighted by molar-refractivity contribution is 5.84. The molecule has 1 N–H and O–H groups in total. The Kier molecular flexibility index (Phi) is 4.80. The van der Waals surface area contributed by atoms with Crippen molar-refractivity contribution in [3.63, 3.8) is 0 Å².